The van der Waals surface area contributed by atoms with Crippen LogP contribution in [0.5, 0.6) is 0 Å². The molecule has 1 N–H and O–H groups in total. The molecule has 0 aromatic rings. The highest BCUT2D eigenvalue weighted by Gasteiger charge is 2.34. The largest absolute Gasteiger partial charge is 0.359 e. The second-order valence-corrected chi connectivity index (χ2v) is 2.64. The Morgan fingerprint density at radius 2 is 2.50 bits per heavy atom. The van der Waals surface area contributed by atoms with Gasteiger partial charge in [-0.25, -0.2) is 0 Å². The fourth-order valence-electron chi connectivity index (χ4n) is 1.23. The lowest BCUT2D eigenvalue weighted by molar-refractivity contribution is -0.124. The third-order valence-corrected chi connectivity index (χ3v) is 1.85. The molecule has 1 aliphatic heterocycles. The third kappa shape index (κ3) is 1.93. The van der Waals surface area contributed by atoms with Crippen molar-refractivity contribution in [1.82, 2.24) is 5.06 Å². The Hall–Kier alpha value is -0.670. The number of hydroxylamine groups is 2. The minimum atomic E-state index is -0.555. The van der Waals surface area contributed by atoms with Crippen LogP contribution in [-0.4, -0.2) is 42.9 Å². The summed E-state index contributed by atoms with van der Waals surface area (Å²) in [6, 6.07) is 1.41. The molecule has 0 radical (unpaired) electrons. The number of rotatable bonds is 3. The molecule has 0 unspecified atom stereocenters. The molecule has 12 heavy (non-hydrogen) atoms. The Morgan fingerprint density at radius 3 is 3.08 bits per heavy atom. The maximum Gasteiger partial charge on any atom is 0.148 e. The Morgan fingerprint density at radius 1 is 1.75 bits per heavy atom. The molecule has 0 aliphatic carbocycles. The van der Waals surface area contributed by atoms with Crippen LogP contribution in [0.3, 0.4) is 0 Å². The molecule has 5 heteroatoms. The van der Waals surface area contributed by atoms with E-state index < -0.39 is 6.04 Å². The summed E-state index contributed by atoms with van der Waals surface area (Å²) in [4.78, 5) is 0. The quantitative estimate of drug-likeness (QED) is 0.605. The van der Waals surface area contributed by atoms with Crippen molar-refractivity contribution in [3.8, 4) is 6.07 Å². The lowest BCUT2D eigenvalue weighted by atomic mass is 10.2. The van der Waals surface area contributed by atoms with E-state index in [9.17, 15) is 0 Å². The van der Waals surface area contributed by atoms with Gasteiger partial charge in [-0.1, -0.05) is 0 Å². The summed E-state index contributed by atoms with van der Waals surface area (Å²) >= 11 is 0. The zero-order valence-electron chi connectivity index (χ0n) is 6.93. The predicted molar refractivity (Wildman–Crippen MR) is 39.3 cm³/mol. The van der Waals surface area contributed by atoms with E-state index in [1.54, 1.807) is 0 Å². The van der Waals surface area contributed by atoms with Gasteiger partial charge in [-0.15, -0.1) is 0 Å². The van der Waals surface area contributed by atoms with Crippen LogP contribution in [-0.2, 0) is 9.47 Å². The molecule has 1 rings (SSSR count). The standard InChI is InChI=1S/C7H12N2O3/c1-11-5-12-7-2-3-9(10)6(7)4-8/h6-7,10H,2-3,5H2,1H3/t6-,7+/m1/s1. The first-order valence-corrected chi connectivity index (χ1v) is 3.75. The summed E-state index contributed by atoms with van der Waals surface area (Å²) in [5.74, 6) is 0. The van der Waals surface area contributed by atoms with Gasteiger partial charge in [0, 0.05) is 13.7 Å². The Bertz CT molecular complexity index is 180. The molecular formula is C7H12N2O3. The fourth-order valence-corrected chi connectivity index (χ4v) is 1.23. The summed E-state index contributed by atoms with van der Waals surface area (Å²) in [7, 11) is 1.52. The van der Waals surface area contributed by atoms with Crippen LogP contribution >= 0.6 is 0 Å². The molecule has 68 valence electrons. The summed E-state index contributed by atoms with van der Waals surface area (Å²) in [5.41, 5.74) is 0. The SMILES string of the molecule is COCO[C@H]1CCN(O)[C@@H]1C#N. The van der Waals surface area contributed by atoms with E-state index in [1.807, 2.05) is 6.07 Å². The number of nitriles is 1. The maximum atomic E-state index is 9.15. The van der Waals surface area contributed by atoms with E-state index in [1.165, 1.54) is 7.11 Å². The average Bonchev–Trinajstić information content (AvgIpc) is 2.43. The van der Waals surface area contributed by atoms with Crippen molar-refractivity contribution < 1.29 is 14.7 Å². The molecule has 1 fully saturated rings. The smallest absolute Gasteiger partial charge is 0.148 e. The Kier molecular flexibility index (Phi) is 3.44. The van der Waals surface area contributed by atoms with E-state index in [0.29, 0.717) is 13.0 Å². The van der Waals surface area contributed by atoms with Crippen LogP contribution in [0.15, 0.2) is 0 Å². The molecule has 2 atom stereocenters. The minimum Gasteiger partial charge on any atom is -0.359 e. The van der Waals surface area contributed by atoms with Crippen LogP contribution in [0, 0.1) is 11.3 Å². The van der Waals surface area contributed by atoms with Crippen molar-refractivity contribution >= 4 is 0 Å². The van der Waals surface area contributed by atoms with Gasteiger partial charge in [0.25, 0.3) is 0 Å². The van der Waals surface area contributed by atoms with Crippen LogP contribution in [0.4, 0.5) is 0 Å². The van der Waals surface area contributed by atoms with Gasteiger partial charge in [-0.3, -0.25) is 0 Å². The highest BCUT2D eigenvalue weighted by molar-refractivity contribution is 4.99. The van der Waals surface area contributed by atoms with Gasteiger partial charge >= 0.3 is 0 Å². The zero-order chi connectivity index (χ0) is 8.97. The number of hydrogen-bond donors (Lipinski definition) is 1. The van der Waals surface area contributed by atoms with Crippen molar-refractivity contribution in [2.45, 2.75) is 18.6 Å². The minimum absolute atomic E-state index is 0.163. The van der Waals surface area contributed by atoms with Crippen molar-refractivity contribution in [3.63, 3.8) is 0 Å². The Labute approximate surface area is 71.1 Å². The highest BCUT2D eigenvalue weighted by Crippen LogP contribution is 2.17. The van der Waals surface area contributed by atoms with Gasteiger partial charge in [0.05, 0.1) is 12.2 Å². The van der Waals surface area contributed by atoms with Crippen molar-refractivity contribution in [2.24, 2.45) is 0 Å². The molecule has 0 amide bonds. The first-order chi connectivity index (χ1) is 5.79. The zero-order valence-corrected chi connectivity index (χ0v) is 6.93. The molecule has 0 aromatic carbocycles. The molecule has 0 spiro atoms. The van der Waals surface area contributed by atoms with Crippen LogP contribution < -0.4 is 0 Å². The lowest BCUT2D eigenvalue weighted by Crippen LogP contribution is -2.32. The van der Waals surface area contributed by atoms with Crippen LogP contribution in [0.1, 0.15) is 6.42 Å². The van der Waals surface area contributed by atoms with Crippen molar-refractivity contribution in [2.75, 3.05) is 20.4 Å². The number of nitrogens with zero attached hydrogens (tertiary/aromatic N) is 2. The summed E-state index contributed by atoms with van der Waals surface area (Å²) in [6.45, 7) is 0.642. The first-order valence-electron chi connectivity index (χ1n) is 3.75. The summed E-state index contributed by atoms with van der Waals surface area (Å²) < 4.78 is 9.88. The van der Waals surface area contributed by atoms with Gasteiger partial charge in [0.15, 0.2) is 0 Å². The molecular weight excluding hydrogens is 160 g/mol. The predicted octanol–water partition coefficient (Wildman–Crippen LogP) is -0.0374. The number of ether oxygens (including phenoxy) is 2. The van der Waals surface area contributed by atoms with Crippen molar-refractivity contribution in [3.05, 3.63) is 0 Å². The molecule has 0 aromatic heterocycles. The van der Waals surface area contributed by atoms with Gasteiger partial charge in [0.2, 0.25) is 0 Å². The first kappa shape index (κ1) is 9.42. The van der Waals surface area contributed by atoms with Gasteiger partial charge in [-0.2, -0.15) is 10.3 Å². The Balaban J connectivity index is 2.39. The van der Waals surface area contributed by atoms with Crippen LogP contribution in [0.2, 0.25) is 0 Å². The highest BCUT2D eigenvalue weighted by atomic mass is 16.7. The molecule has 0 bridgehead atoms. The van der Waals surface area contributed by atoms with Gasteiger partial charge < -0.3 is 14.7 Å². The molecule has 0 saturated carbocycles. The van der Waals surface area contributed by atoms with Gasteiger partial charge in [-0.05, 0) is 6.42 Å². The summed E-state index contributed by atoms with van der Waals surface area (Å²) in [6.07, 6.45) is 0.429. The summed E-state index contributed by atoms with van der Waals surface area (Å²) in [5, 5.41) is 18.8. The van der Waals surface area contributed by atoms with E-state index in [-0.39, 0.29) is 12.9 Å². The molecule has 5 nitrogen and oxygen atoms in total. The maximum absolute atomic E-state index is 9.15. The molecule has 1 saturated heterocycles. The second-order valence-electron chi connectivity index (χ2n) is 2.64. The van der Waals surface area contributed by atoms with Crippen molar-refractivity contribution in [1.29, 1.82) is 5.26 Å². The second kappa shape index (κ2) is 4.38. The van der Waals surface area contributed by atoms with E-state index >= 15 is 0 Å². The normalized spacial score (nSPS) is 30.4. The average molecular weight is 172 g/mol. The third-order valence-electron chi connectivity index (χ3n) is 1.85. The van der Waals surface area contributed by atoms with E-state index in [4.69, 9.17) is 19.9 Å². The fraction of sp³-hybridized carbons (Fsp3) is 0.857. The van der Waals surface area contributed by atoms with E-state index in [0.717, 1.165) is 5.06 Å². The number of hydrogen-bond acceptors (Lipinski definition) is 5. The van der Waals surface area contributed by atoms with Gasteiger partial charge in [0.1, 0.15) is 12.8 Å². The molecule has 1 heterocycles. The van der Waals surface area contributed by atoms with Crippen LogP contribution in [0.25, 0.3) is 0 Å². The topological polar surface area (TPSA) is 65.7 Å². The lowest BCUT2D eigenvalue weighted by Gasteiger charge is -2.15. The molecule has 1 aliphatic rings. The monoisotopic (exact) mass is 172 g/mol. The number of methoxy groups -OCH3 is 1. The van der Waals surface area contributed by atoms with E-state index in [2.05, 4.69) is 0 Å².